The van der Waals surface area contributed by atoms with Crippen LogP contribution >= 0.6 is 0 Å². The number of aromatic nitrogens is 2. The Morgan fingerprint density at radius 3 is 2.89 bits per heavy atom. The van der Waals surface area contributed by atoms with Gasteiger partial charge < -0.3 is 14.4 Å². The molecule has 1 amide bonds. The highest BCUT2D eigenvalue weighted by molar-refractivity contribution is 5.94. The third-order valence-electron chi connectivity index (χ3n) is 2.90. The smallest absolute Gasteiger partial charge is 0.305 e. The van der Waals surface area contributed by atoms with Crippen molar-refractivity contribution in [1.29, 1.82) is 0 Å². The fraction of sp³-hybridized carbons (Fsp3) is 0.308. The van der Waals surface area contributed by atoms with Gasteiger partial charge in [-0.1, -0.05) is 0 Å². The van der Waals surface area contributed by atoms with Gasteiger partial charge in [0, 0.05) is 31.7 Å². The minimum Gasteiger partial charge on any atom is -0.481 e. The van der Waals surface area contributed by atoms with Gasteiger partial charge in [0.05, 0.1) is 12.0 Å². The first-order valence-electron chi connectivity index (χ1n) is 6.05. The Kier molecular flexibility index (Phi) is 3.79. The highest BCUT2D eigenvalue weighted by Crippen LogP contribution is 2.08. The van der Waals surface area contributed by atoms with Crippen molar-refractivity contribution in [3.8, 4) is 0 Å². The van der Waals surface area contributed by atoms with Crippen LogP contribution in [0.25, 0.3) is 5.65 Å². The van der Waals surface area contributed by atoms with Crippen LogP contribution < -0.4 is 0 Å². The topological polar surface area (TPSA) is 74.9 Å². The van der Waals surface area contributed by atoms with Crippen LogP contribution in [0.5, 0.6) is 0 Å². The molecule has 19 heavy (non-hydrogen) atoms. The number of aliphatic carboxylic acids is 1. The first kappa shape index (κ1) is 13.1. The highest BCUT2D eigenvalue weighted by Gasteiger charge is 2.15. The van der Waals surface area contributed by atoms with E-state index in [0.29, 0.717) is 12.1 Å². The molecule has 6 nitrogen and oxygen atoms in total. The van der Waals surface area contributed by atoms with E-state index in [2.05, 4.69) is 4.98 Å². The Balaban J connectivity index is 2.18. The molecule has 6 heteroatoms. The minimum atomic E-state index is -0.906. The molecule has 2 aromatic heterocycles. The summed E-state index contributed by atoms with van der Waals surface area (Å²) in [5.74, 6) is -1.07. The lowest BCUT2D eigenvalue weighted by Crippen LogP contribution is -2.33. The maximum Gasteiger partial charge on any atom is 0.305 e. The number of imidazole rings is 1. The quantitative estimate of drug-likeness (QED) is 0.879. The number of amides is 1. The number of carboxylic acid groups (broad SMARTS) is 1. The lowest BCUT2D eigenvalue weighted by atomic mass is 10.2. The predicted molar refractivity (Wildman–Crippen MR) is 69.0 cm³/mol. The number of hydrogen-bond acceptors (Lipinski definition) is 3. The van der Waals surface area contributed by atoms with E-state index in [9.17, 15) is 9.59 Å². The van der Waals surface area contributed by atoms with Gasteiger partial charge in [-0.05, 0) is 19.1 Å². The van der Waals surface area contributed by atoms with Crippen LogP contribution in [0.3, 0.4) is 0 Å². The number of hydrogen-bond donors (Lipinski definition) is 1. The summed E-state index contributed by atoms with van der Waals surface area (Å²) in [7, 11) is 0. The minimum absolute atomic E-state index is 0.0487. The molecule has 0 saturated heterocycles. The molecule has 0 unspecified atom stereocenters. The van der Waals surface area contributed by atoms with E-state index in [4.69, 9.17) is 5.11 Å². The molecule has 0 aliphatic heterocycles. The number of carbonyl (C=O) groups excluding carboxylic acids is 1. The van der Waals surface area contributed by atoms with Crippen molar-refractivity contribution in [2.45, 2.75) is 13.3 Å². The molecule has 0 saturated carbocycles. The standard InChI is InChI=1S/C13H15N3O3/c1-2-15(7-5-12(17)18)13(19)10-3-4-11-14-6-8-16(11)9-10/h3-4,6,8-9H,2,5,7H2,1H3,(H,17,18). The van der Waals surface area contributed by atoms with Gasteiger partial charge in [-0.15, -0.1) is 0 Å². The summed E-state index contributed by atoms with van der Waals surface area (Å²) < 4.78 is 1.76. The first-order chi connectivity index (χ1) is 9.11. The summed E-state index contributed by atoms with van der Waals surface area (Å²) in [5.41, 5.74) is 1.29. The van der Waals surface area contributed by atoms with E-state index >= 15 is 0 Å². The van der Waals surface area contributed by atoms with Gasteiger partial charge in [0.25, 0.3) is 5.91 Å². The van der Waals surface area contributed by atoms with E-state index in [1.165, 1.54) is 4.90 Å². The zero-order valence-electron chi connectivity index (χ0n) is 10.6. The van der Waals surface area contributed by atoms with Crippen molar-refractivity contribution in [3.05, 3.63) is 36.3 Å². The van der Waals surface area contributed by atoms with Crippen LogP contribution in [0.2, 0.25) is 0 Å². The molecule has 0 aromatic carbocycles. The van der Waals surface area contributed by atoms with Gasteiger partial charge in [0.1, 0.15) is 5.65 Å². The highest BCUT2D eigenvalue weighted by atomic mass is 16.4. The molecule has 2 rings (SSSR count). The Morgan fingerprint density at radius 2 is 2.21 bits per heavy atom. The van der Waals surface area contributed by atoms with Crippen molar-refractivity contribution in [3.63, 3.8) is 0 Å². The molecule has 0 bridgehead atoms. The third-order valence-corrected chi connectivity index (χ3v) is 2.90. The van der Waals surface area contributed by atoms with Crippen molar-refractivity contribution >= 4 is 17.5 Å². The van der Waals surface area contributed by atoms with E-state index in [1.54, 1.807) is 35.1 Å². The largest absolute Gasteiger partial charge is 0.481 e. The molecule has 0 spiro atoms. The van der Waals surface area contributed by atoms with Gasteiger partial charge in [-0.25, -0.2) is 4.98 Å². The molecule has 100 valence electrons. The average Bonchev–Trinajstić information content (AvgIpc) is 2.85. The van der Waals surface area contributed by atoms with E-state index in [-0.39, 0.29) is 18.9 Å². The molecule has 2 heterocycles. The summed E-state index contributed by atoms with van der Waals surface area (Å²) in [6, 6.07) is 3.46. The molecule has 2 aromatic rings. The molecular weight excluding hydrogens is 246 g/mol. The van der Waals surface area contributed by atoms with Crippen molar-refractivity contribution < 1.29 is 14.7 Å². The monoisotopic (exact) mass is 261 g/mol. The number of pyridine rings is 1. The lowest BCUT2D eigenvalue weighted by molar-refractivity contribution is -0.137. The summed E-state index contributed by atoms with van der Waals surface area (Å²) >= 11 is 0. The second-order valence-electron chi connectivity index (χ2n) is 4.14. The van der Waals surface area contributed by atoms with Gasteiger partial charge in [-0.2, -0.15) is 0 Å². The molecule has 0 aliphatic carbocycles. The molecule has 0 aliphatic rings. The van der Waals surface area contributed by atoms with Crippen LogP contribution in [0.4, 0.5) is 0 Å². The number of nitrogens with zero attached hydrogens (tertiary/aromatic N) is 3. The third kappa shape index (κ3) is 2.90. The summed E-state index contributed by atoms with van der Waals surface area (Å²) in [4.78, 5) is 28.4. The Bertz CT molecular complexity index is 606. The number of carbonyl (C=O) groups is 2. The van der Waals surface area contributed by atoms with Crippen LogP contribution in [-0.2, 0) is 4.79 Å². The van der Waals surface area contributed by atoms with E-state index in [0.717, 1.165) is 5.65 Å². The van der Waals surface area contributed by atoms with Crippen LogP contribution in [0.1, 0.15) is 23.7 Å². The Labute approximate surface area is 110 Å². The van der Waals surface area contributed by atoms with Crippen molar-refractivity contribution in [2.75, 3.05) is 13.1 Å². The molecular formula is C13H15N3O3. The first-order valence-corrected chi connectivity index (χ1v) is 6.05. The normalized spacial score (nSPS) is 10.6. The van der Waals surface area contributed by atoms with Crippen LogP contribution in [-0.4, -0.2) is 44.4 Å². The number of rotatable bonds is 5. The zero-order valence-corrected chi connectivity index (χ0v) is 10.6. The maximum absolute atomic E-state index is 12.3. The van der Waals surface area contributed by atoms with Gasteiger partial charge in [0.2, 0.25) is 0 Å². The molecule has 1 N–H and O–H groups in total. The SMILES string of the molecule is CCN(CCC(=O)O)C(=O)c1ccc2nccn2c1. The van der Waals surface area contributed by atoms with Crippen LogP contribution in [0, 0.1) is 0 Å². The van der Waals surface area contributed by atoms with Gasteiger partial charge in [0.15, 0.2) is 0 Å². The van der Waals surface area contributed by atoms with E-state index < -0.39 is 5.97 Å². The molecule has 0 atom stereocenters. The molecule has 0 radical (unpaired) electrons. The fourth-order valence-corrected chi connectivity index (χ4v) is 1.86. The predicted octanol–water partition coefficient (Wildman–Crippen LogP) is 1.27. The second kappa shape index (κ2) is 5.51. The summed E-state index contributed by atoms with van der Waals surface area (Å²) in [6.07, 6.45) is 5.08. The van der Waals surface area contributed by atoms with Crippen molar-refractivity contribution in [2.24, 2.45) is 0 Å². The Morgan fingerprint density at radius 1 is 1.42 bits per heavy atom. The van der Waals surface area contributed by atoms with E-state index in [1.807, 2.05) is 6.92 Å². The van der Waals surface area contributed by atoms with Crippen molar-refractivity contribution in [1.82, 2.24) is 14.3 Å². The lowest BCUT2D eigenvalue weighted by Gasteiger charge is -2.20. The number of carboxylic acids is 1. The second-order valence-corrected chi connectivity index (χ2v) is 4.14. The van der Waals surface area contributed by atoms with Gasteiger partial charge >= 0.3 is 5.97 Å². The number of fused-ring (bicyclic) bond motifs is 1. The maximum atomic E-state index is 12.3. The Hall–Kier alpha value is -2.37. The van der Waals surface area contributed by atoms with Crippen LogP contribution in [0.15, 0.2) is 30.7 Å². The molecule has 0 fully saturated rings. The fourth-order valence-electron chi connectivity index (χ4n) is 1.86. The average molecular weight is 261 g/mol. The summed E-state index contributed by atoms with van der Waals surface area (Å²) in [6.45, 7) is 2.52. The van der Waals surface area contributed by atoms with Gasteiger partial charge in [-0.3, -0.25) is 9.59 Å². The zero-order chi connectivity index (χ0) is 13.8. The summed E-state index contributed by atoms with van der Waals surface area (Å²) in [5, 5.41) is 8.67.